The average Bonchev–Trinajstić information content (AvgIpc) is 2.39. The molecule has 0 spiro atoms. The minimum atomic E-state index is -0.499. The van der Waals surface area contributed by atoms with E-state index in [1.807, 2.05) is 0 Å². The van der Waals surface area contributed by atoms with Crippen molar-refractivity contribution in [2.45, 2.75) is 10.6 Å². The van der Waals surface area contributed by atoms with Crippen LogP contribution in [0.15, 0.2) is 47.4 Å². The fraction of sp³-hybridized carbons (Fsp3) is 0.0769. The predicted octanol–water partition coefficient (Wildman–Crippen LogP) is 3.61. The Morgan fingerprint density at radius 3 is 2.53 bits per heavy atom. The van der Waals surface area contributed by atoms with Crippen LogP contribution in [0.25, 0.3) is 0 Å². The zero-order chi connectivity index (χ0) is 13.8. The van der Waals surface area contributed by atoms with Gasteiger partial charge in [0.05, 0.1) is 4.92 Å². The summed E-state index contributed by atoms with van der Waals surface area (Å²) >= 11 is 1.48. The molecular weight excluding hydrogens is 267 g/mol. The number of nitrogen functional groups attached to an aromatic ring is 1. The summed E-state index contributed by atoms with van der Waals surface area (Å²) in [6.45, 7) is 0. The van der Waals surface area contributed by atoms with Crippen LogP contribution in [0.2, 0.25) is 0 Å². The Bertz CT molecular complexity index is 602. The van der Waals surface area contributed by atoms with E-state index in [4.69, 9.17) is 5.73 Å². The van der Waals surface area contributed by atoms with Gasteiger partial charge >= 0.3 is 0 Å². The summed E-state index contributed by atoms with van der Waals surface area (Å²) in [5.41, 5.74) is 6.39. The Hall–Kier alpha value is -2.08. The highest BCUT2D eigenvalue weighted by Crippen LogP contribution is 2.27. The van der Waals surface area contributed by atoms with Gasteiger partial charge in [0.1, 0.15) is 11.5 Å². The van der Waals surface area contributed by atoms with Crippen LogP contribution in [0.4, 0.5) is 15.8 Å². The Balaban J connectivity index is 2.09. The van der Waals surface area contributed by atoms with Gasteiger partial charge in [-0.05, 0) is 35.9 Å². The highest BCUT2D eigenvalue weighted by Gasteiger charge is 2.11. The first kappa shape index (κ1) is 13.4. The molecule has 4 nitrogen and oxygen atoms in total. The lowest BCUT2D eigenvalue weighted by molar-refractivity contribution is -0.383. The number of benzene rings is 2. The fourth-order valence-corrected chi connectivity index (χ4v) is 2.38. The molecule has 0 saturated carbocycles. The molecule has 0 aliphatic carbocycles. The summed E-state index contributed by atoms with van der Waals surface area (Å²) in [4.78, 5) is 11.2. The first-order valence-corrected chi connectivity index (χ1v) is 6.46. The van der Waals surface area contributed by atoms with Crippen molar-refractivity contribution in [2.24, 2.45) is 0 Å². The van der Waals surface area contributed by atoms with Crippen LogP contribution < -0.4 is 5.73 Å². The van der Waals surface area contributed by atoms with Crippen molar-refractivity contribution < 1.29 is 9.31 Å². The van der Waals surface area contributed by atoms with E-state index >= 15 is 0 Å². The van der Waals surface area contributed by atoms with Crippen LogP contribution in [0.5, 0.6) is 0 Å². The molecule has 0 heterocycles. The molecule has 2 aromatic carbocycles. The SMILES string of the molecule is Nc1ccc(CSc2ccc(F)cc2)cc1[N+](=O)[O-]. The van der Waals surface area contributed by atoms with Crippen molar-refractivity contribution in [3.63, 3.8) is 0 Å². The van der Waals surface area contributed by atoms with E-state index in [1.54, 1.807) is 18.2 Å². The molecule has 0 aliphatic heterocycles. The molecule has 6 heteroatoms. The molecule has 0 radical (unpaired) electrons. The minimum absolute atomic E-state index is 0.0859. The molecule has 2 rings (SSSR count). The molecule has 0 atom stereocenters. The Morgan fingerprint density at radius 2 is 1.89 bits per heavy atom. The summed E-state index contributed by atoms with van der Waals surface area (Å²) in [6.07, 6.45) is 0. The Morgan fingerprint density at radius 1 is 1.21 bits per heavy atom. The predicted molar refractivity (Wildman–Crippen MR) is 73.5 cm³/mol. The van der Waals surface area contributed by atoms with Crippen LogP contribution in [0.3, 0.4) is 0 Å². The molecule has 0 aliphatic rings. The lowest BCUT2D eigenvalue weighted by Gasteiger charge is -2.03. The third-order valence-corrected chi connectivity index (χ3v) is 3.59. The van der Waals surface area contributed by atoms with Crippen molar-refractivity contribution in [3.05, 3.63) is 64.0 Å². The van der Waals surface area contributed by atoms with E-state index in [9.17, 15) is 14.5 Å². The molecule has 0 saturated heterocycles. The summed E-state index contributed by atoms with van der Waals surface area (Å²) in [5, 5.41) is 10.8. The van der Waals surface area contributed by atoms with Crippen LogP contribution in [0.1, 0.15) is 5.56 Å². The first-order chi connectivity index (χ1) is 9.06. The van der Waals surface area contributed by atoms with Crippen molar-refractivity contribution >= 4 is 23.1 Å². The maximum Gasteiger partial charge on any atom is 0.292 e. The third-order valence-electron chi connectivity index (χ3n) is 2.51. The number of nitro groups is 1. The Labute approximate surface area is 113 Å². The van der Waals surface area contributed by atoms with Crippen LogP contribution in [0, 0.1) is 15.9 Å². The number of hydrogen-bond donors (Lipinski definition) is 1. The van der Waals surface area contributed by atoms with Crippen molar-refractivity contribution in [1.82, 2.24) is 0 Å². The Kier molecular flexibility index (Phi) is 4.01. The maximum absolute atomic E-state index is 12.7. The largest absolute Gasteiger partial charge is 0.393 e. The van der Waals surface area contributed by atoms with E-state index in [0.29, 0.717) is 5.75 Å². The number of nitrogens with two attached hydrogens (primary N) is 1. The second kappa shape index (κ2) is 5.71. The van der Waals surface area contributed by atoms with E-state index < -0.39 is 4.92 Å². The molecule has 19 heavy (non-hydrogen) atoms. The molecule has 98 valence electrons. The van der Waals surface area contributed by atoms with Crippen LogP contribution in [-0.2, 0) is 5.75 Å². The second-order valence-electron chi connectivity index (χ2n) is 3.89. The fourth-order valence-electron chi connectivity index (χ4n) is 1.53. The number of nitro benzene ring substituents is 1. The maximum atomic E-state index is 12.7. The van der Waals surface area contributed by atoms with E-state index in [1.165, 1.54) is 36.0 Å². The van der Waals surface area contributed by atoms with Crippen LogP contribution in [-0.4, -0.2) is 4.92 Å². The van der Waals surface area contributed by atoms with Gasteiger partial charge in [-0.15, -0.1) is 11.8 Å². The summed E-state index contributed by atoms with van der Waals surface area (Å²) in [5.74, 6) is 0.278. The van der Waals surface area contributed by atoms with Gasteiger partial charge in [-0.1, -0.05) is 6.07 Å². The van der Waals surface area contributed by atoms with Crippen LogP contribution >= 0.6 is 11.8 Å². The number of thioether (sulfide) groups is 1. The quantitative estimate of drug-likeness (QED) is 0.401. The first-order valence-electron chi connectivity index (χ1n) is 5.47. The van der Waals surface area contributed by atoms with E-state index in [0.717, 1.165) is 10.5 Å². The molecule has 0 bridgehead atoms. The zero-order valence-corrected chi connectivity index (χ0v) is 10.7. The molecule has 0 unspecified atom stereocenters. The smallest absolute Gasteiger partial charge is 0.292 e. The number of anilines is 1. The lowest BCUT2D eigenvalue weighted by atomic mass is 10.2. The van der Waals surface area contributed by atoms with Crippen molar-refractivity contribution in [2.75, 3.05) is 5.73 Å². The summed E-state index contributed by atoms with van der Waals surface area (Å²) in [7, 11) is 0. The molecular formula is C13H11FN2O2S. The van der Waals surface area contributed by atoms with Gasteiger partial charge in [0.15, 0.2) is 0 Å². The second-order valence-corrected chi connectivity index (χ2v) is 4.94. The van der Waals surface area contributed by atoms with E-state index in [2.05, 4.69) is 0 Å². The highest BCUT2D eigenvalue weighted by atomic mass is 32.2. The van der Waals surface area contributed by atoms with Gasteiger partial charge < -0.3 is 5.73 Å². The molecule has 2 aromatic rings. The van der Waals surface area contributed by atoms with Crippen molar-refractivity contribution in [1.29, 1.82) is 0 Å². The number of halogens is 1. The topological polar surface area (TPSA) is 69.2 Å². The molecule has 2 N–H and O–H groups in total. The number of hydrogen-bond acceptors (Lipinski definition) is 4. The lowest BCUT2D eigenvalue weighted by Crippen LogP contribution is -1.96. The van der Waals surface area contributed by atoms with Gasteiger partial charge in [0.25, 0.3) is 5.69 Å². The highest BCUT2D eigenvalue weighted by molar-refractivity contribution is 7.98. The molecule has 0 aromatic heterocycles. The number of nitrogens with zero attached hydrogens (tertiary/aromatic N) is 1. The minimum Gasteiger partial charge on any atom is -0.393 e. The van der Waals surface area contributed by atoms with Gasteiger partial charge in [-0.2, -0.15) is 0 Å². The number of rotatable bonds is 4. The van der Waals surface area contributed by atoms with E-state index in [-0.39, 0.29) is 17.2 Å². The van der Waals surface area contributed by atoms with Gasteiger partial charge in [-0.25, -0.2) is 4.39 Å². The standard InChI is InChI=1S/C13H11FN2O2S/c14-10-2-4-11(5-3-10)19-8-9-1-6-12(15)13(7-9)16(17)18/h1-7H,8,15H2. The molecule has 0 amide bonds. The zero-order valence-electron chi connectivity index (χ0n) is 9.88. The van der Waals surface area contributed by atoms with Gasteiger partial charge in [0, 0.05) is 16.7 Å². The third kappa shape index (κ3) is 3.45. The molecule has 0 fully saturated rings. The summed E-state index contributed by atoms with van der Waals surface area (Å²) < 4.78 is 12.7. The summed E-state index contributed by atoms with van der Waals surface area (Å²) in [6, 6.07) is 10.8. The monoisotopic (exact) mass is 278 g/mol. The normalized spacial score (nSPS) is 10.4. The van der Waals surface area contributed by atoms with Gasteiger partial charge in [-0.3, -0.25) is 10.1 Å². The van der Waals surface area contributed by atoms with Crippen molar-refractivity contribution in [3.8, 4) is 0 Å². The average molecular weight is 278 g/mol. The van der Waals surface area contributed by atoms with Gasteiger partial charge in [0.2, 0.25) is 0 Å².